The number of cyclic esters (lactones) is 1. The molecule has 50 valence electrons. The number of ether oxygens (including phenoxy) is 1. The molecule has 0 radical (unpaired) electrons. The minimum Gasteiger partial charge on any atom is -0.432 e. The van der Waals surface area contributed by atoms with Crippen molar-refractivity contribution in [1.29, 1.82) is 0 Å². The van der Waals surface area contributed by atoms with Crippen molar-refractivity contribution in [3.05, 3.63) is 11.8 Å². The van der Waals surface area contributed by atoms with Gasteiger partial charge in [-0.1, -0.05) is 0 Å². The number of aliphatic hydroxyl groups excluding tert-OH is 1. The van der Waals surface area contributed by atoms with Crippen molar-refractivity contribution in [3.8, 4) is 0 Å². The summed E-state index contributed by atoms with van der Waals surface area (Å²) >= 11 is 0. The zero-order valence-corrected chi connectivity index (χ0v) is 5.13. The molecule has 0 aliphatic carbocycles. The van der Waals surface area contributed by atoms with Crippen LogP contribution in [-0.2, 0) is 9.53 Å². The fourth-order valence-electron chi connectivity index (χ4n) is 0.756. The molecule has 1 atom stereocenters. The minimum atomic E-state index is -0.647. The Morgan fingerprint density at radius 2 is 2.56 bits per heavy atom. The minimum absolute atomic E-state index is 0.0807. The Labute approximate surface area is 52.9 Å². The van der Waals surface area contributed by atoms with Crippen molar-refractivity contribution >= 4 is 5.97 Å². The van der Waals surface area contributed by atoms with Gasteiger partial charge < -0.3 is 9.84 Å². The van der Waals surface area contributed by atoms with E-state index in [4.69, 9.17) is 5.11 Å². The Balaban J connectivity index is 2.67. The van der Waals surface area contributed by atoms with E-state index in [1.165, 1.54) is 6.08 Å². The van der Waals surface area contributed by atoms with Gasteiger partial charge in [0.25, 0.3) is 0 Å². The van der Waals surface area contributed by atoms with Crippen LogP contribution in [0.25, 0.3) is 0 Å². The lowest BCUT2D eigenvalue weighted by Crippen LogP contribution is -2.18. The molecule has 1 rings (SSSR count). The lowest BCUT2D eigenvalue weighted by atomic mass is 10.2. The summed E-state index contributed by atoms with van der Waals surface area (Å²) in [6.07, 6.45) is 0.949. The molecule has 0 amide bonds. The number of aliphatic hydroxyl groups is 1. The maximum Gasteiger partial charge on any atom is 0.313 e. The predicted octanol–water partition coefficient (Wildman–Crippen LogP) is 0.198. The first-order valence-corrected chi connectivity index (χ1v) is 2.75. The van der Waals surface area contributed by atoms with Crippen LogP contribution in [0.1, 0.15) is 13.3 Å². The maximum absolute atomic E-state index is 10.5. The van der Waals surface area contributed by atoms with E-state index >= 15 is 0 Å². The van der Waals surface area contributed by atoms with Gasteiger partial charge in [0.15, 0.2) is 0 Å². The molecule has 0 fully saturated rings. The molecule has 0 spiro atoms. The van der Waals surface area contributed by atoms with Gasteiger partial charge in [0.2, 0.25) is 0 Å². The molecule has 1 aliphatic heterocycles. The smallest absolute Gasteiger partial charge is 0.313 e. The van der Waals surface area contributed by atoms with Gasteiger partial charge in [0.1, 0.15) is 5.76 Å². The zero-order valence-electron chi connectivity index (χ0n) is 5.13. The zero-order chi connectivity index (χ0) is 6.85. The highest BCUT2D eigenvalue weighted by atomic mass is 16.5. The summed E-state index contributed by atoms with van der Waals surface area (Å²) in [5.74, 6) is 0.126. The number of carbonyl (C=O) groups is 1. The Morgan fingerprint density at radius 3 is 3.00 bits per heavy atom. The number of hydrogen-bond acceptors (Lipinski definition) is 3. The van der Waals surface area contributed by atoms with Gasteiger partial charge in [-0.2, -0.15) is 0 Å². The Morgan fingerprint density at radius 1 is 1.89 bits per heavy atom. The van der Waals surface area contributed by atoms with Crippen LogP contribution in [-0.4, -0.2) is 17.2 Å². The molecule has 3 heteroatoms. The molecule has 0 saturated carbocycles. The Bertz CT molecular complexity index is 160. The first-order valence-electron chi connectivity index (χ1n) is 2.75. The van der Waals surface area contributed by atoms with Crippen molar-refractivity contribution in [1.82, 2.24) is 0 Å². The van der Waals surface area contributed by atoms with E-state index in [0.717, 1.165) is 0 Å². The number of hydrogen-bond donors (Lipinski definition) is 1. The maximum atomic E-state index is 10.5. The van der Waals surface area contributed by atoms with Gasteiger partial charge in [-0.25, -0.2) is 0 Å². The molecule has 0 aromatic carbocycles. The van der Waals surface area contributed by atoms with Crippen LogP contribution in [0.2, 0.25) is 0 Å². The first-order chi connectivity index (χ1) is 4.18. The van der Waals surface area contributed by atoms with E-state index in [2.05, 4.69) is 4.74 Å². The van der Waals surface area contributed by atoms with Crippen LogP contribution in [0.3, 0.4) is 0 Å². The summed E-state index contributed by atoms with van der Waals surface area (Å²) in [5, 5.41) is 8.87. The third-order valence-electron chi connectivity index (χ3n) is 1.08. The van der Waals surface area contributed by atoms with Crippen molar-refractivity contribution in [2.75, 3.05) is 0 Å². The standard InChI is InChI=1S/C6H8O3/c1-4-2-5(7)3-6(8)9-4/h2,5,7H,3H2,1H3/t5-/m1/s1. The van der Waals surface area contributed by atoms with Crippen molar-refractivity contribution in [2.24, 2.45) is 0 Å². The van der Waals surface area contributed by atoms with Gasteiger partial charge >= 0.3 is 5.97 Å². The normalized spacial score (nSPS) is 27.1. The van der Waals surface area contributed by atoms with E-state index in [-0.39, 0.29) is 12.4 Å². The van der Waals surface area contributed by atoms with E-state index < -0.39 is 6.10 Å². The molecule has 0 aromatic heterocycles. The first kappa shape index (κ1) is 6.29. The Kier molecular flexibility index (Phi) is 1.53. The summed E-state index contributed by atoms with van der Waals surface area (Å²) in [7, 11) is 0. The third kappa shape index (κ3) is 1.54. The number of carbonyl (C=O) groups excluding carboxylic acids is 1. The lowest BCUT2D eigenvalue weighted by Gasteiger charge is -2.13. The lowest BCUT2D eigenvalue weighted by molar-refractivity contribution is -0.142. The summed E-state index contributed by atoms with van der Waals surface area (Å²) in [6, 6.07) is 0. The molecule has 1 N–H and O–H groups in total. The highest BCUT2D eigenvalue weighted by Gasteiger charge is 2.16. The molecule has 0 bridgehead atoms. The number of allylic oxidation sites excluding steroid dienone is 1. The molecular formula is C6H8O3. The summed E-state index contributed by atoms with van der Waals surface area (Å²) < 4.78 is 4.62. The molecule has 3 nitrogen and oxygen atoms in total. The molecule has 9 heavy (non-hydrogen) atoms. The molecule has 1 heterocycles. The van der Waals surface area contributed by atoms with E-state index in [1.807, 2.05) is 0 Å². The van der Waals surface area contributed by atoms with E-state index in [1.54, 1.807) is 6.92 Å². The summed E-state index contributed by atoms with van der Waals surface area (Å²) in [6.45, 7) is 1.64. The second-order valence-corrected chi connectivity index (χ2v) is 2.02. The van der Waals surface area contributed by atoms with Crippen LogP contribution in [0.5, 0.6) is 0 Å². The number of esters is 1. The monoisotopic (exact) mass is 128 g/mol. The van der Waals surface area contributed by atoms with E-state index in [9.17, 15) is 4.79 Å². The fourth-order valence-corrected chi connectivity index (χ4v) is 0.756. The van der Waals surface area contributed by atoms with Crippen molar-refractivity contribution < 1.29 is 14.6 Å². The topological polar surface area (TPSA) is 46.5 Å². The molecule has 0 aromatic rings. The van der Waals surface area contributed by atoms with Gasteiger partial charge in [0.05, 0.1) is 12.5 Å². The third-order valence-corrected chi connectivity index (χ3v) is 1.08. The molecule has 0 saturated heterocycles. The van der Waals surface area contributed by atoms with Crippen LogP contribution in [0, 0.1) is 0 Å². The largest absolute Gasteiger partial charge is 0.432 e. The van der Waals surface area contributed by atoms with Gasteiger partial charge in [-0.3, -0.25) is 4.79 Å². The van der Waals surface area contributed by atoms with Crippen LogP contribution >= 0.6 is 0 Å². The van der Waals surface area contributed by atoms with Crippen LogP contribution in [0.4, 0.5) is 0 Å². The van der Waals surface area contributed by atoms with Crippen LogP contribution in [0.15, 0.2) is 11.8 Å². The average molecular weight is 128 g/mol. The quantitative estimate of drug-likeness (QED) is 0.474. The SMILES string of the molecule is CC1=C[C@@H](O)CC(=O)O1. The highest BCUT2D eigenvalue weighted by Crippen LogP contribution is 2.10. The van der Waals surface area contributed by atoms with Gasteiger partial charge in [0, 0.05) is 0 Å². The molecule has 0 unspecified atom stereocenters. The number of rotatable bonds is 0. The second-order valence-electron chi connectivity index (χ2n) is 2.02. The summed E-state index contributed by atoms with van der Waals surface area (Å²) in [5.41, 5.74) is 0. The highest BCUT2D eigenvalue weighted by molar-refractivity contribution is 5.72. The summed E-state index contributed by atoms with van der Waals surface area (Å²) in [4.78, 5) is 10.5. The molecule has 1 aliphatic rings. The Hall–Kier alpha value is -0.830. The van der Waals surface area contributed by atoms with Gasteiger partial charge in [-0.15, -0.1) is 0 Å². The van der Waals surface area contributed by atoms with Crippen molar-refractivity contribution in [3.63, 3.8) is 0 Å². The fraction of sp³-hybridized carbons (Fsp3) is 0.500. The van der Waals surface area contributed by atoms with Crippen molar-refractivity contribution in [2.45, 2.75) is 19.4 Å². The second kappa shape index (κ2) is 2.19. The molecular weight excluding hydrogens is 120 g/mol. The average Bonchev–Trinajstić information content (AvgIpc) is 1.59. The van der Waals surface area contributed by atoms with Gasteiger partial charge in [-0.05, 0) is 13.0 Å². The van der Waals surface area contributed by atoms with Crippen LogP contribution < -0.4 is 0 Å². The predicted molar refractivity (Wildman–Crippen MR) is 30.5 cm³/mol. The van der Waals surface area contributed by atoms with E-state index in [0.29, 0.717) is 5.76 Å².